The Hall–Kier alpha value is -3.67. The molecule has 6 nitrogen and oxygen atoms in total. The Morgan fingerprint density at radius 2 is 1.79 bits per heavy atom. The Morgan fingerprint density at radius 1 is 1.03 bits per heavy atom. The molecule has 1 aliphatic rings. The third-order valence-electron chi connectivity index (χ3n) is 6.34. The highest BCUT2D eigenvalue weighted by Crippen LogP contribution is 2.37. The first-order chi connectivity index (χ1) is 15.9. The molecule has 0 unspecified atom stereocenters. The van der Waals surface area contributed by atoms with Gasteiger partial charge in [-0.3, -0.25) is 9.59 Å². The highest BCUT2D eigenvalue weighted by Gasteiger charge is 2.46. The maximum absolute atomic E-state index is 13.4. The minimum absolute atomic E-state index is 0.0635. The molecule has 33 heavy (non-hydrogen) atoms. The van der Waals surface area contributed by atoms with Gasteiger partial charge in [-0.15, -0.1) is 0 Å². The lowest BCUT2D eigenvalue weighted by atomic mass is 9.79. The van der Waals surface area contributed by atoms with Crippen LogP contribution in [0, 0.1) is 5.41 Å². The summed E-state index contributed by atoms with van der Waals surface area (Å²) in [7, 11) is 5.35. The molecular weight excluding hydrogens is 412 g/mol. The molecule has 0 radical (unpaired) electrons. The van der Waals surface area contributed by atoms with Crippen molar-refractivity contribution in [1.29, 1.82) is 0 Å². The molecular formula is C27H30N4O2. The van der Waals surface area contributed by atoms with Crippen molar-refractivity contribution in [3.05, 3.63) is 84.1 Å². The summed E-state index contributed by atoms with van der Waals surface area (Å²) in [5, 5.41) is 2.97. The molecule has 1 N–H and O–H groups in total. The molecule has 4 rings (SSSR count). The number of hydrogen-bond acceptors (Lipinski definition) is 4. The minimum Gasteiger partial charge on any atom is -0.373 e. The number of carbonyl (C=O) groups excluding carboxylic acids is 2. The van der Waals surface area contributed by atoms with E-state index in [1.54, 1.807) is 49.3 Å². The lowest BCUT2D eigenvalue weighted by Gasteiger charge is -2.31. The van der Waals surface area contributed by atoms with Gasteiger partial charge >= 0.3 is 0 Å². The largest absolute Gasteiger partial charge is 0.373 e. The first-order valence-electron chi connectivity index (χ1n) is 11.2. The predicted octanol–water partition coefficient (Wildman–Crippen LogP) is 3.95. The van der Waals surface area contributed by atoms with Crippen molar-refractivity contribution in [2.24, 2.45) is 5.41 Å². The van der Waals surface area contributed by atoms with Crippen LogP contribution in [0.2, 0.25) is 0 Å². The highest BCUT2D eigenvalue weighted by molar-refractivity contribution is 5.96. The lowest BCUT2D eigenvalue weighted by Crippen LogP contribution is -2.44. The van der Waals surface area contributed by atoms with Crippen molar-refractivity contribution in [2.45, 2.75) is 12.8 Å². The van der Waals surface area contributed by atoms with E-state index in [0.717, 1.165) is 16.7 Å². The molecule has 0 bridgehead atoms. The molecule has 0 saturated carbocycles. The molecule has 3 aromatic rings. The second-order valence-corrected chi connectivity index (χ2v) is 8.88. The maximum atomic E-state index is 13.4. The summed E-state index contributed by atoms with van der Waals surface area (Å²) in [5.41, 5.74) is 3.31. The van der Waals surface area contributed by atoms with E-state index in [9.17, 15) is 9.59 Å². The van der Waals surface area contributed by atoms with Gasteiger partial charge in [0, 0.05) is 46.0 Å². The summed E-state index contributed by atoms with van der Waals surface area (Å²) in [6.07, 6.45) is 2.85. The van der Waals surface area contributed by atoms with Crippen LogP contribution in [-0.2, 0) is 11.2 Å². The smallest absolute Gasteiger partial charge is 0.254 e. The molecule has 2 aromatic carbocycles. The van der Waals surface area contributed by atoms with Crippen molar-refractivity contribution in [3.63, 3.8) is 0 Å². The first kappa shape index (κ1) is 22.5. The number of anilines is 1. The van der Waals surface area contributed by atoms with E-state index in [1.807, 2.05) is 24.3 Å². The highest BCUT2D eigenvalue weighted by atomic mass is 16.2. The van der Waals surface area contributed by atoms with Gasteiger partial charge < -0.3 is 15.1 Å². The van der Waals surface area contributed by atoms with Gasteiger partial charge in [-0.2, -0.15) is 0 Å². The second kappa shape index (κ2) is 9.45. The minimum atomic E-state index is -0.645. The Morgan fingerprint density at radius 3 is 2.52 bits per heavy atom. The Labute approximate surface area is 195 Å². The van der Waals surface area contributed by atoms with Gasteiger partial charge in [0.2, 0.25) is 5.91 Å². The van der Waals surface area contributed by atoms with Crippen molar-refractivity contribution in [3.8, 4) is 11.1 Å². The average molecular weight is 443 g/mol. The maximum Gasteiger partial charge on any atom is 0.254 e. The topological polar surface area (TPSA) is 65.5 Å². The Kier molecular flexibility index (Phi) is 6.45. The van der Waals surface area contributed by atoms with Gasteiger partial charge in [-0.25, -0.2) is 4.98 Å². The van der Waals surface area contributed by atoms with E-state index < -0.39 is 5.41 Å². The zero-order valence-electron chi connectivity index (χ0n) is 19.4. The normalized spacial score (nSPS) is 17.6. The number of hydrogen-bond donors (Lipinski definition) is 1. The van der Waals surface area contributed by atoms with E-state index in [1.165, 1.54) is 0 Å². The van der Waals surface area contributed by atoms with Crippen molar-refractivity contribution < 1.29 is 9.59 Å². The van der Waals surface area contributed by atoms with Gasteiger partial charge in [0.05, 0.1) is 5.41 Å². The fourth-order valence-corrected chi connectivity index (χ4v) is 4.68. The SMILES string of the molecule is CNc1cc(C(=O)N2CC[C@](Cc3cccc(-c4ccccc4)c3)(C(=O)N(C)C)C2)ccn1. The summed E-state index contributed by atoms with van der Waals surface area (Å²) in [6.45, 7) is 0.948. The van der Waals surface area contributed by atoms with E-state index in [4.69, 9.17) is 0 Å². The number of aromatic nitrogens is 1. The van der Waals surface area contributed by atoms with Crippen LogP contribution >= 0.6 is 0 Å². The fourth-order valence-electron chi connectivity index (χ4n) is 4.68. The molecule has 1 aliphatic heterocycles. The van der Waals surface area contributed by atoms with Gasteiger partial charge in [0.15, 0.2) is 0 Å². The van der Waals surface area contributed by atoms with Crippen molar-refractivity contribution in [2.75, 3.05) is 39.5 Å². The van der Waals surface area contributed by atoms with Crippen LogP contribution in [0.4, 0.5) is 5.82 Å². The number of benzene rings is 2. The van der Waals surface area contributed by atoms with E-state index >= 15 is 0 Å². The van der Waals surface area contributed by atoms with Crippen LogP contribution in [-0.4, -0.2) is 60.8 Å². The molecule has 1 atom stereocenters. The second-order valence-electron chi connectivity index (χ2n) is 8.88. The van der Waals surface area contributed by atoms with E-state index in [0.29, 0.717) is 37.3 Å². The lowest BCUT2D eigenvalue weighted by molar-refractivity contribution is -0.138. The van der Waals surface area contributed by atoms with Crippen LogP contribution in [0.25, 0.3) is 11.1 Å². The van der Waals surface area contributed by atoms with E-state index in [-0.39, 0.29) is 11.8 Å². The number of nitrogens with zero attached hydrogens (tertiary/aromatic N) is 3. The molecule has 0 spiro atoms. The van der Waals surface area contributed by atoms with E-state index in [2.05, 4.69) is 40.6 Å². The molecule has 2 heterocycles. The molecule has 1 fully saturated rings. The average Bonchev–Trinajstić information content (AvgIpc) is 3.28. The van der Waals surface area contributed by atoms with Gasteiger partial charge in [0.1, 0.15) is 5.82 Å². The third kappa shape index (κ3) is 4.75. The predicted molar refractivity (Wildman–Crippen MR) is 131 cm³/mol. The number of pyridine rings is 1. The van der Waals surface area contributed by atoms with Crippen molar-refractivity contribution >= 4 is 17.6 Å². The Bertz CT molecular complexity index is 1150. The summed E-state index contributed by atoms with van der Waals surface area (Å²) in [4.78, 5) is 34.3. The number of rotatable bonds is 6. The molecule has 0 aliphatic carbocycles. The molecule has 2 amide bonds. The Balaban J connectivity index is 1.61. The standard InChI is InChI=1S/C27H30N4O2/c1-28-24-17-23(12-14-29-24)25(32)31-15-13-27(19-31,26(33)30(2)3)18-20-8-7-11-22(16-20)21-9-5-4-6-10-21/h4-12,14,16-17H,13,15,18-19H2,1-3H3,(H,28,29)/t27-/m1/s1. The fraction of sp³-hybridized carbons (Fsp3) is 0.296. The number of amides is 2. The molecule has 1 saturated heterocycles. The van der Waals surface area contributed by atoms with Crippen LogP contribution in [0.1, 0.15) is 22.3 Å². The zero-order chi connectivity index (χ0) is 23.4. The van der Waals surface area contributed by atoms with Crippen LogP contribution in [0.5, 0.6) is 0 Å². The molecule has 170 valence electrons. The van der Waals surface area contributed by atoms with Gasteiger partial charge in [-0.1, -0.05) is 54.6 Å². The molecule has 1 aromatic heterocycles. The number of carbonyl (C=O) groups is 2. The summed E-state index contributed by atoms with van der Waals surface area (Å²) < 4.78 is 0. The first-order valence-corrected chi connectivity index (χ1v) is 11.2. The zero-order valence-corrected chi connectivity index (χ0v) is 19.4. The van der Waals surface area contributed by atoms with Gasteiger partial charge in [0.25, 0.3) is 5.91 Å². The van der Waals surface area contributed by atoms with Crippen LogP contribution in [0.15, 0.2) is 72.9 Å². The third-order valence-corrected chi connectivity index (χ3v) is 6.34. The quantitative estimate of drug-likeness (QED) is 0.628. The van der Waals surface area contributed by atoms with Crippen molar-refractivity contribution in [1.82, 2.24) is 14.8 Å². The number of likely N-dealkylation sites (tertiary alicyclic amines) is 1. The summed E-state index contributed by atoms with van der Waals surface area (Å²) >= 11 is 0. The summed E-state index contributed by atoms with van der Waals surface area (Å²) in [6, 6.07) is 22.1. The summed E-state index contributed by atoms with van der Waals surface area (Å²) in [5.74, 6) is 0.641. The molecule has 6 heteroatoms. The monoisotopic (exact) mass is 442 g/mol. The number of nitrogens with one attached hydrogen (secondary N) is 1. The van der Waals surface area contributed by atoms with Gasteiger partial charge in [-0.05, 0) is 41.7 Å². The van der Waals surface area contributed by atoms with Crippen LogP contribution in [0.3, 0.4) is 0 Å². The van der Waals surface area contributed by atoms with Crippen LogP contribution < -0.4 is 5.32 Å².